The maximum atomic E-state index is 5.72. The highest BCUT2D eigenvalue weighted by molar-refractivity contribution is 7.10. The Balaban J connectivity index is 1.73. The lowest BCUT2D eigenvalue weighted by Crippen LogP contribution is -2.42. The second-order valence-corrected chi connectivity index (χ2v) is 6.88. The van der Waals surface area contributed by atoms with Crippen LogP contribution in [0, 0.1) is 0 Å². The fourth-order valence-corrected chi connectivity index (χ4v) is 3.37. The van der Waals surface area contributed by atoms with Crippen molar-refractivity contribution in [2.75, 3.05) is 47.9 Å². The number of ether oxygens (including phenoxy) is 2. The van der Waals surface area contributed by atoms with Gasteiger partial charge in [0.15, 0.2) is 5.96 Å². The van der Waals surface area contributed by atoms with E-state index in [0.717, 1.165) is 24.0 Å². The topological polar surface area (TPSA) is 58.1 Å². The van der Waals surface area contributed by atoms with Crippen LogP contribution in [0.15, 0.2) is 46.8 Å². The van der Waals surface area contributed by atoms with Crippen molar-refractivity contribution in [3.8, 4) is 11.5 Å². The molecule has 0 radical (unpaired) electrons. The molecule has 0 aliphatic heterocycles. The summed E-state index contributed by atoms with van der Waals surface area (Å²) in [6.45, 7) is 2.00. The van der Waals surface area contributed by atoms with Gasteiger partial charge in [0.2, 0.25) is 0 Å². The summed E-state index contributed by atoms with van der Waals surface area (Å²) in [5, 5.41) is 8.77. The summed E-state index contributed by atoms with van der Waals surface area (Å²) in [6, 6.07) is 12.1. The quantitative estimate of drug-likeness (QED) is 0.400. The third kappa shape index (κ3) is 6.24. The summed E-state index contributed by atoms with van der Waals surface area (Å²) in [5.41, 5.74) is 0. The molecule has 26 heavy (non-hydrogen) atoms. The normalized spacial score (nSPS) is 12.7. The maximum absolute atomic E-state index is 5.72. The molecule has 0 saturated heterocycles. The van der Waals surface area contributed by atoms with E-state index in [1.54, 1.807) is 25.5 Å². The van der Waals surface area contributed by atoms with Crippen LogP contribution in [0.5, 0.6) is 11.5 Å². The molecule has 0 fully saturated rings. The van der Waals surface area contributed by atoms with E-state index in [4.69, 9.17) is 9.47 Å². The Kier molecular flexibility index (Phi) is 8.24. The first-order valence-electron chi connectivity index (χ1n) is 8.55. The zero-order valence-electron chi connectivity index (χ0n) is 15.9. The van der Waals surface area contributed by atoms with Crippen molar-refractivity contribution in [3.05, 3.63) is 46.7 Å². The summed E-state index contributed by atoms with van der Waals surface area (Å²) in [6.07, 6.45) is 0. The largest absolute Gasteiger partial charge is 0.497 e. The number of aliphatic imine (C=N–C) groups is 1. The van der Waals surface area contributed by atoms with Crippen LogP contribution in [-0.2, 0) is 0 Å². The van der Waals surface area contributed by atoms with E-state index < -0.39 is 0 Å². The summed E-state index contributed by atoms with van der Waals surface area (Å²) in [4.78, 5) is 7.82. The second-order valence-electron chi connectivity index (χ2n) is 5.90. The van der Waals surface area contributed by atoms with Gasteiger partial charge >= 0.3 is 0 Å². The highest BCUT2D eigenvalue weighted by Gasteiger charge is 2.15. The lowest BCUT2D eigenvalue weighted by Gasteiger charge is -2.24. The molecular formula is C19H28N4O2S. The molecule has 7 heteroatoms. The first-order valence-corrected chi connectivity index (χ1v) is 9.43. The number of guanidine groups is 1. The lowest BCUT2D eigenvalue weighted by molar-refractivity contribution is 0.301. The van der Waals surface area contributed by atoms with Crippen molar-refractivity contribution < 1.29 is 9.47 Å². The minimum Gasteiger partial charge on any atom is -0.497 e. The van der Waals surface area contributed by atoms with Crippen molar-refractivity contribution in [1.82, 2.24) is 15.5 Å². The van der Waals surface area contributed by atoms with Gasteiger partial charge in [-0.25, -0.2) is 0 Å². The predicted molar refractivity (Wildman–Crippen MR) is 109 cm³/mol. The van der Waals surface area contributed by atoms with Crippen LogP contribution in [0.3, 0.4) is 0 Å². The first kappa shape index (κ1) is 20.1. The van der Waals surface area contributed by atoms with Gasteiger partial charge in [-0.1, -0.05) is 6.07 Å². The molecule has 1 aromatic heterocycles. The van der Waals surface area contributed by atoms with Crippen LogP contribution in [-0.4, -0.2) is 58.8 Å². The highest BCUT2D eigenvalue weighted by Crippen LogP contribution is 2.22. The monoisotopic (exact) mass is 376 g/mol. The van der Waals surface area contributed by atoms with Gasteiger partial charge in [0.1, 0.15) is 18.1 Å². The van der Waals surface area contributed by atoms with Gasteiger partial charge in [0.25, 0.3) is 0 Å². The highest BCUT2D eigenvalue weighted by atomic mass is 32.1. The zero-order valence-corrected chi connectivity index (χ0v) is 16.7. The van der Waals surface area contributed by atoms with E-state index in [1.807, 2.05) is 24.3 Å². The van der Waals surface area contributed by atoms with Gasteiger partial charge in [-0.05, 0) is 49.8 Å². The Labute approximate surface area is 159 Å². The number of likely N-dealkylation sites (N-methyl/N-ethyl adjacent to an activating group) is 1. The number of nitrogens with one attached hydrogen (secondary N) is 2. The minimum atomic E-state index is 0.309. The fourth-order valence-electron chi connectivity index (χ4n) is 2.44. The van der Waals surface area contributed by atoms with Crippen molar-refractivity contribution in [3.63, 3.8) is 0 Å². The molecular weight excluding hydrogens is 348 g/mol. The molecule has 2 aromatic rings. The van der Waals surface area contributed by atoms with Crippen molar-refractivity contribution >= 4 is 17.3 Å². The van der Waals surface area contributed by atoms with Crippen LogP contribution in [0.25, 0.3) is 0 Å². The van der Waals surface area contributed by atoms with Crippen LogP contribution in [0.4, 0.5) is 0 Å². The van der Waals surface area contributed by atoms with Crippen LogP contribution >= 0.6 is 11.3 Å². The Morgan fingerprint density at radius 3 is 2.46 bits per heavy atom. The lowest BCUT2D eigenvalue weighted by atomic mass is 10.2. The average molecular weight is 377 g/mol. The average Bonchev–Trinajstić information content (AvgIpc) is 3.18. The number of methoxy groups -OCH3 is 1. The smallest absolute Gasteiger partial charge is 0.191 e. The molecule has 0 amide bonds. The zero-order chi connectivity index (χ0) is 18.8. The molecule has 2 N–H and O–H groups in total. The number of hydrogen-bond acceptors (Lipinski definition) is 5. The number of rotatable bonds is 9. The van der Waals surface area contributed by atoms with E-state index in [1.165, 1.54) is 4.88 Å². The van der Waals surface area contributed by atoms with Crippen LogP contribution in [0.2, 0.25) is 0 Å². The Hall–Kier alpha value is -2.25. The summed E-state index contributed by atoms with van der Waals surface area (Å²) in [5.74, 6) is 2.41. The molecule has 0 aliphatic carbocycles. The molecule has 1 unspecified atom stereocenters. The van der Waals surface area contributed by atoms with Crippen molar-refractivity contribution in [2.24, 2.45) is 4.99 Å². The van der Waals surface area contributed by atoms with Gasteiger partial charge in [0, 0.05) is 18.5 Å². The van der Waals surface area contributed by atoms with Crippen LogP contribution in [0.1, 0.15) is 10.9 Å². The minimum absolute atomic E-state index is 0.309. The Morgan fingerprint density at radius 1 is 1.15 bits per heavy atom. The molecule has 0 aliphatic rings. The molecule has 1 aromatic carbocycles. The molecule has 6 nitrogen and oxygen atoms in total. The van der Waals surface area contributed by atoms with E-state index in [2.05, 4.69) is 52.1 Å². The predicted octanol–water partition coefficient (Wildman–Crippen LogP) is 2.60. The number of nitrogens with zero attached hydrogens (tertiary/aromatic N) is 2. The third-order valence-corrected chi connectivity index (χ3v) is 4.88. The standard InChI is InChI=1S/C19H28N4O2S/c1-20-19(22-14-17(23(2)3)18-6-5-13-26-18)21-11-12-25-16-9-7-15(24-4)8-10-16/h5-10,13,17H,11-12,14H2,1-4H3,(H2,20,21,22). The van der Waals surface area contributed by atoms with Crippen LogP contribution < -0.4 is 20.1 Å². The molecule has 2 rings (SSSR count). The number of thiophene rings is 1. The summed E-state index contributed by atoms with van der Waals surface area (Å²) in [7, 11) is 7.60. The third-order valence-electron chi connectivity index (χ3n) is 3.90. The number of hydrogen-bond donors (Lipinski definition) is 2. The maximum Gasteiger partial charge on any atom is 0.191 e. The SMILES string of the molecule is CN=C(NCCOc1ccc(OC)cc1)NCC(c1cccs1)N(C)C. The fraction of sp³-hybridized carbons (Fsp3) is 0.421. The van der Waals surface area contributed by atoms with E-state index in [-0.39, 0.29) is 0 Å². The van der Waals surface area contributed by atoms with E-state index in [9.17, 15) is 0 Å². The summed E-state index contributed by atoms with van der Waals surface area (Å²) < 4.78 is 10.9. The molecule has 142 valence electrons. The van der Waals surface area contributed by atoms with E-state index in [0.29, 0.717) is 19.2 Å². The molecule has 1 atom stereocenters. The van der Waals surface area contributed by atoms with Crippen molar-refractivity contribution in [1.29, 1.82) is 0 Å². The van der Waals surface area contributed by atoms with Gasteiger partial charge in [-0.2, -0.15) is 0 Å². The molecule has 1 heterocycles. The second kappa shape index (κ2) is 10.7. The van der Waals surface area contributed by atoms with Gasteiger partial charge < -0.3 is 25.0 Å². The number of benzene rings is 1. The molecule has 0 spiro atoms. The molecule has 0 bridgehead atoms. The van der Waals surface area contributed by atoms with Gasteiger partial charge in [-0.3, -0.25) is 4.99 Å². The van der Waals surface area contributed by atoms with Crippen molar-refractivity contribution in [2.45, 2.75) is 6.04 Å². The Morgan fingerprint density at radius 2 is 1.88 bits per heavy atom. The van der Waals surface area contributed by atoms with E-state index >= 15 is 0 Å². The van der Waals surface area contributed by atoms with Gasteiger partial charge in [-0.15, -0.1) is 11.3 Å². The first-order chi connectivity index (χ1) is 12.6. The Bertz CT molecular complexity index is 657. The molecule has 0 saturated carbocycles. The van der Waals surface area contributed by atoms with Gasteiger partial charge in [0.05, 0.1) is 19.7 Å². The summed E-state index contributed by atoms with van der Waals surface area (Å²) >= 11 is 1.77.